The third-order valence-electron chi connectivity index (χ3n) is 3.09. The highest BCUT2D eigenvalue weighted by Crippen LogP contribution is 2.16. The molecule has 24 heavy (non-hydrogen) atoms. The van der Waals surface area contributed by atoms with Crippen LogP contribution in [0.1, 0.15) is 10.7 Å². The number of nitrogens with zero attached hydrogens (tertiary/aromatic N) is 2. The minimum atomic E-state index is -0.463. The Morgan fingerprint density at radius 1 is 1.25 bits per heavy atom. The van der Waals surface area contributed by atoms with Crippen molar-refractivity contribution < 1.29 is 13.9 Å². The van der Waals surface area contributed by atoms with Crippen LogP contribution in [0.15, 0.2) is 54.2 Å². The van der Waals surface area contributed by atoms with Gasteiger partial charge in [0.05, 0.1) is 24.0 Å². The molecule has 1 aromatic carbocycles. The molecule has 0 aliphatic heterocycles. The highest BCUT2D eigenvalue weighted by molar-refractivity contribution is 7.09. The molecule has 0 saturated carbocycles. The summed E-state index contributed by atoms with van der Waals surface area (Å²) < 4.78 is 19.1. The molecule has 0 saturated heterocycles. The van der Waals surface area contributed by atoms with Crippen LogP contribution in [0.2, 0.25) is 0 Å². The summed E-state index contributed by atoms with van der Waals surface area (Å²) >= 11 is 1.41. The molecule has 5 nitrogen and oxygen atoms in total. The number of rotatable bonds is 6. The molecule has 0 bridgehead atoms. The first kappa shape index (κ1) is 16.1. The Labute approximate surface area is 142 Å². The smallest absolute Gasteiger partial charge is 0.230 e. The van der Waals surface area contributed by atoms with E-state index in [-0.39, 0.29) is 18.0 Å². The molecule has 0 spiro atoms. The van der Waals surface area contributed by atoms with Crippen molar-refractivity contribution in [2.75, 3.05) is 5.32 Å². The van der Waals surface area contributed by atoms with Gasteiger partial charge >= 0.3 is 0 Å². The van der Waals surface area contributed by atoms with Crippen molar-refractivity contribution in [2.24, 2.45) is 0 Å². The predicted molar refractivity (Wildman–Crippen MR) is 89.4 cm³/mol. The van der Waals surface area contributed by atoms with Crippen LogP contribution in [0.3, 0.4) is 0 Å². The number of amides is 1. The molecule has 0 radical (unpaired) electrons. The zero-order valence-corrected chi connectivity index (χ0v) is 13.4. The lowest BCUT2D eigenvalue weighted by molar-refractivity contribution is -0.115. The molecule has 0 aliphatic carbocycles. The molecule has 2 heterocycles. The molecule has 0 fully saturated rings. The fourth-order valence-electron chi connectivity index (χ4n) is 2.00. The number of hydrogen-bond donors (Lipinski definition) is 1. The number of anilines is 1. The molecule has 0 atom stereocenters. The molecular weight excluding hydrogens is 329 g/mol. The fraction of sp³-hybridized carbons (Fsp3) is 0.118. The van der Waals surface area contributed by atoms with E-state index in [9.17, 15) is 9.18 Å². The second-order valence-electron chi connectivity index (χ2n) is 4.91. The lowest BCUT2D eigenvalue weighted by Gasteiger charge is -2.04. The standard InChI is InChI=1S/C17H14FN3O2S/c18-14-5-1-2-6-15(14)21-16(22)8-12-11-24-17(20-12)10-23-13-4-3-7-19-9-13/h1-7,9,11H,8,10H2,(H,21,22). The van der Waals surface area contributed by atoms with Crippen LogP contribution >= 0.6 is 11.3 Å². The summed E-state index contributed by atoms with van der Waals surface area (Å²) in [7, 11) is 0. The van der Waals surface area contributed by atoms with E-state index in [1.807, 2.05) is 6.07 Å². The van der Waals surface area contributed by atoms with Gasteiger partial charge in [0.2, 0.25) is 5.91 Å². The zero-order chi connectivity index (χ0) is 16.8. The average molecular weight is 343 g/mol. The highest BCUT2D eigenvalue weighted by Gasteiger charge is 2.10. The number of thiazole rings is 1. The molecular formula is C17H14FN3O2S. The lowest BCUT2D eigenvalue weighted by atomic mass is 10.2. The minimum absolute atomic E-state index is 0.0811. The van der Waals surface area contributed by atoms with Crippen LogP contribution in [0.25, 0.3) is 0 Å². The van der Waals surface area contributed by atoms with Gasteiger partial charge in [-0.25, -0.2) is 9.37 Å². The number of halogens is 1. The molecule has 3 rings (SSSR count). The van der Waals surface area contributed by atoms with E-state index in [1.54, 1.807) is 36.0 Å². The van der Waals surface area contributed by atoms with Crippen molar-refractivity contribution in [1.82, 2.24) is 9.97 Å². The van der Waals surface area contributed by atoms with Crippen molar-refractivity contribution in [3.63, 3.8) is 0 Å². The van der Waals surface area contributed by atoms with Crippen LogP contribution in [-0.4, -0.2) is 15.9 Å². The molecule has 0 unspecified atom stereocenters. The third kappa shape index (κ3) is 4.36. The van der Waals surface area contributed by atoms with Crippen molar-refractivity contribution in [3.8, 4) is 5.75 Å². The van der Waals surface area contributed by atoms with Gasteiger partial charge in [-0.3, -0.25) is 9.78 Å². The van der Waals surface area contributed by atoms with E-state index in [0.29, 0.717) is 18.1 Å². The van der Waals surface area contributed by atoms with Crippen molar-refractivity contribution in [2.45, 2.75) is 13.0 Å². The second kappa shape index (κ2) is 7.65. The summed E-state index contributed by atoms with van der Waals surface area (Å²) in [5.41, 5.74) is 0.788. The molecule has 2 aromatic heterocycles. The van der Waals surface area contributed by atoms with Crippen molar-refractivity contribution >= 4 is 22.9 Å². The van der Waals surface area contributed by atoms with Crippen LogP contribution in [-0.2, 0) is 17.8 Å². The minimum Gasteiger partial charge on any atom is -0.485 e. The Morgan fingerprint density at radius 3 is 2.92 bits per heavy atom. The van der Waals surface area contributed by atoms with E-state index >= 15 is 0 Å². The van der Waals surface area contributed by atoms with Gasteiger partial charge in [-0.1, -0.05) is 12.1 Å². The molecule has 1 amide bonds. The summed E-state index contributed by atoms with van der Waals surface area (Å²) in [5, 5.41) is 5.09. The molecule has 1 N–H and O–H groups in total. The normalized spacial score (nSPS) is 10.4. The maximum atomic E-state index is 13.5. The van der Waals surface area contributed by atoms with E-state index in [4.69, 9.17) is 4.74 Å². The Balaban J connectivity index is 1.54. The number of benzene rings is 1. The Bertz CT molecular complexity index is 823. The fourth-order valence-corrected chi connectivity index (χ4v) is 2.70. The number of nitrogens with one attached hydrogen (secondary N) is 1. The molecule has 3 aromatic rings. The first-order valence-electron chi connectivity index (χ1n) is 7.21. The van der Waals surface area contributed by atoms with Crippen LogP contribution in [0, 0.1) is 5.82 Å². The third-order valence-corrected chi connectivity index (χ3v) is 3.96. The Kier molecular flexibility index (Phi) is 5.12. The average Bonchev–Trinajstić information content (AvgIpc) is 3.03. The summed E-state index contributed by atoms with van der Waals surface area (Å²) in [6.45, 7) is 0.311. The van der Waals surface area contributed by atoms with Crippen LogP contribution < -0.4 is 10.1 Å². The molecule has 122 valence electrons. The number of ether oxygens (including phenoxy) is 1. The van der Waals surface area contributed by atoms with Gasteiger partial charge in [-0.15, -0.1) is 11.3 Å². The Morgan fingerprint density at radius 2 is 2.12 bits per heavy atom. The SMILES string of the molecule is O=C(Cc1csc(COc2cccnc2)n1)Nc1ccccc1F. The number of carbonyl (C=O) groups is 1. The van der Waals surface area contributed by atoms with Crippen molar-refractivity contribution in [1.29, 1.82) is 0 Å². The predicted octanol–water partition coefficient (Wildman–Crippen LogP) is 3.44. The van der Waals surface area contributed by atoms with Gasteiger partial charge in [-0.05, 0) is 24.3 Å². The second-order valence-corrected chi connectivity index (χ2v) is 5.86. The van der Waals surface area contributed by atoms with E-state index in [1.165, 1.54) is 23.5 Å². The highest BCUT2D eigenvalue weighted by atomic mass is 32.1. The van der Waals surface area contributed by atoms with Gasteiger partial charge in [0.15, 0.2) is 0 Å². The zero-order valence-electron chi connectivity index (χ0n) is 12.6. The number of aromatic nitrogens is 2. The van der Waals surface area contributed by atoms with Gasteiger partial charge in [-0.2, -0.15) is 0 Å². The summed E-state index contributed by atoms with van der Waals surface area (Å²) in [5.74, 6) is -0.119. The first-order valence-corrected chi connectivity index (χ1v) is 8.09. The topological polar surface area (TPSA) is 64.1 Å². The van der Waals surface area contributed by atoms with Crippen LogP contribution in [0.5, 0.6) is 5.75 Å². The summed E-state index contributed by atoms with van der Waals surface area (Å²) in [4.78, 5) is 20.3. The molecule has 7 heteroatoms. The largest absolute Gasteiger partial charge is 0.485 e. The maximum absolute atomic E-state index is 13.5. The van der Waals surface area contributed by atoms with Gasteiger partial charge in [0.1, 0.15) is 23.2 Å². The van der Waals surface area contributed by atoms with E-state index in [0.717, 1.165) is 5.01 Å². The number of hydrogen-bond acceptors (Lipinski definition) is 5. The van der Waals surface area contributed by atoms with Crippen molar-refractivity contribution in [3.05, 3.63) is 70.7 Å². The van der Waals surface area contributed by atoms with Gasteiger partial charge in [0.25, 0.3) is 0 Å². The summed E-state index contributed by atoms with van der Waals surface area (Å²) in [6, 6.07) is 9.64. The number of carbonyl (C=O) groups excluding carboxylic acids is 1. The number of pyridine rings is 1. The van der Waals surface area contributed by atoms with E-state index < -0.39 is 5.82 Å². The summed E-state index contributed by atoms with van der Waals surface area (Å²) in [6.07, 6.45) is 3.37. The number of para-hydroxylation sites is 1. The Hall–Kier alpha value is -2.80. The maximum Gasteiger partial charge on any atom is 0.230 e. The lowest BCUT2D eigenvalue weighted by Crippen LogP contribution is -2.15. The van der Waals surface area contributed by atoms with E-state index in [2.05, 4.69) is 15.3 Å². The van der Waals surface area contributed by atoms with Gasteiger partial charge < -0.3 is 10.1 Å². The van der Waals surface area contributed by atoms with Gasteiger partial charge in [0, 0.05) is 11.6 Å². The monoisotopic (exact) mass is 343 g/mol. The molecule has 0 aliphatic rings. The quantitative estimate of drug-likeness (QED) is 0.745. The first-order chi connectivity index (χ1) is 11.7. The van der Waals surface area contributed by atoms with Crippen LogP contribution in [0.4, 0.5) is 10.1 Å².